The summed E-state index contributed by atoms with van der Waals surface area (Å²) in [5.41, 5.74) is 1.74. The molecule has 0 aliphatic rings. The lowest BCUT2D eigenvalue weighted by Crippen LogP contribution is -2.04. The smallest absolute Gasteiger partial charge is 0.205 e. The van der Waals surface area contributed by atoms with Crippen LogP contribution in [0.3, 0.4) is 0 Å². The summed E-state index contributed by atoms with van der Waals surface area (Å²) in [5.74, 6) is 0. The Morgan fingerprint density at radius 3 is 2.94 bits per heavy atom. The minimum absolute atomic E-state index is 0.264. The molecule has 0 bridgehead atoms. The fraction of sp³-hybridized carbons (Fsp3) is 0.167. The first-order chi connectivity index (χ1) is 8.33. The van der Waals surface area contributed by atoms with Crippen LogP contribution < -0.4 is 5.32 Å². The average Bonchev–Trinajstić information content (AvgIpc) is 2.96. The number of nitrogens with zero attached hydrogens (tertiary/aromatic N) is 2. The van der Waals surface area contributed by atoms with Crippen molar-refractivity contribution in [1.29, 1.82) is 0 Å². The molecule has 0 radical (unpaired) electrons. The van der Waals surface area contributed by atoms with E-state index in [4.69, 9.17) is 0 Å². The highest BCUT2D eigenvalue weighted by molar-refractivity contribution is 7.19. The van der Waals surface area contributed by atoms with Crippen LogP contribution in [0.1, 0.15) is 17.8 Å². The quantitative estimate of drug-likeness (QED) is 0.776. The van der Waals surface area contributed by atoms with E-state index in [0.29, 0.717) is 0 Å². The van der Waals surface area contributed by atoms with Gasteiger partial charge >= 0.3 is 0 Å². The minimum atomic E-state index is 0.264. The Kier molecular flexibility index (Phi) is 2.78. The molecule has 5 heteroatoms. The molecule has 17 heavy (non-hydrogen) atoms. The number of aromatic nitrogens is 2. The molecule has 1 N–H and O–H groups in total. The Labute approximate surface area is 107 Å². The van der Waals surface area contributed by atoms with Gasteiger partial charge < -0.3 is 5.32 Å². The van der Waals surface area contributed by atoms with Crippen LogP contribution in [0.5, 0.6) is 0 Å². The van der Waals surface area contributed by atoms with Gasteiger partial charge in [-0.3, -0.25) is 0 Å². The zero-order chi connectivity index (χ0) is 11.7. The van der Waals surface area contributed by atoms with Crippen LogP contribution in [-0.2, 0) is 0 Å². The molecule has 1 aromatic carbocycles. The van der Waals surface area contributed by atoms with Gasteiger partial charge in [0.05, 0.1) is 6.04 Å². The summed E-state index contributed by atoms with van der Waals surface area (Å²) >= 11 is 3.35. The molecular formula is C12H11N3S2. The van der Waals surface area contributed by atoms with E-state index in [1.807, 2.05) is 11.3 Å². The summed E-state index contributed by atoms with van der Waals surface area (Å²) in [4.78, 5) is 1.32. The van der Waals surface area contributed by atoms with E-state index in [-0.39, 0.29) is 6.04 Å². The minimum Gasteiger partial charge on any atom is -0.353 e. The van der Waals surface area contributed by atoms with Crippen LogP contribution in [0.25, 0.3) is 10.1 Å². The SMILES string of the molecule is CC(Nc1nncs1)c1cc2ccccc2s1. The lowest BCUT2D eigenvalue weighted by atomic mass is 10.2. The van der Waals surface area contributed by atoms with Crippen LogP contribution in [-0.4, -0.2) is 10.2 Å². The van der Waals surface area contributed by atoms with E-state index in [2.05, 4.69) is 52.8 Å². The van der Waals surface area contributed by atoms with Crippen molar-refractivity contribution < 1.29 is 0 Å². The third-order valence-corrected chi connectivity index (χ3v) is 4.49. The molecule has 86 valence electrons. The number of hydrogen-bond acceptors (Lipinski definition) is 5. The third kappa shape index (κ3) is 2.16. The highest BCUT2D eigenvalue weighted by Crippen LogP contribution is 2.31. The fourth-order valence-corrected chi connectivity index (χ4v) is 3.31. The van der Waals surface area contributed by atoms with Crippen molar-refractivity contribution >= 4 is 37.9 Å². The molecule has 2 heterocycles. The maximum absolute atomic E-state index is 4.00. The number of fused-ring (bicyclic) bond motifs is 1. The molecule has 0 spiro atoms. The van der Waals surface area contributed by atoms with Crippen molar-refractivity contribution in [2.24, 2.45) is 0 Å². The molecule has 3 nitrogen and oxygen atoms in total. The van der Waals surface area contributed by atoms with Gasteiger partial charge in [-0.05, 0) is 24.4 Å². The van der Waals surface area contributed by atoms with Crippen LogP contribution in [0.4, 0.5) is 5.13 Å². The Morgan fingerprint density at radius 2 is 2.18 bits per heavy atom. The lowest BCUT2D eigenvalue weighted by molar-refractivity contribution is 0.895. The third-order valence-electron chi connectivity index (χ3n) is 2.57. The van der Waals surface area contributed by atoms with Gasteiger partial charge in [-0.25, -0.2) is 0 Å². The number of nitrogens with one attached hydrogen (secondary N) is 1. The normalized spacial score (nSPS) is 12.8. The van der Waals surface area contributed by atoms with E-state index < -0.39 is 0 Å². The molecule has 3 rings (SSSR count). The van der Waals surface area contributed by atoms with Crippen molar-refractivity contribution in [3.05, 3.63) is 40.7 Å². The first kappa shape index (κ1) is 10.7. The second-order valence-electron chi connectivity index (χ2n) is 3.80. The predicted molar refractivity (Wildman–Crippen MR) is 73.8 cm³/mol. The number of rotatable bonds is 3. The van der Waals surface area contributed by atoms with Gasteiger partial charge in [-0.15, -0.1) is 21.5 Å². The van der Waals surface area contributed by atoms with E-state index in [1.165, 1.54) is 26.3 Å². The van der Waals surface area contributed by atoms with Crippen molar-refractivity contribution in [1.82, 2.24) is 10.2 Å². The van der Waals surface area contributed by atoms with Gasteiger partial charge in [0, 0.05) is 9.58 Å². The highest BCUT2D eigenvalue weighted by atomic mass is 32.1. The molecule has 0 aliphatic carbocycles. The molecule has 3 aromatic rings. The topological polar surface area (TPSA) is 37.8 Å². The second-order valence-corrected chi connectivity index (χ2v) is 5.75. The zero-order valence-corrected chi connectivity index (χ0v) is 10.9. The summed E-state index contributed by atoms with van der Waals surface area (Å²) in [6.45, 7) is 2.14. The van der Waals surface area contributed by atoms with E-state index in [9.17, 15) is 0 Å². The summed E-state index contributed by atoms with van der Waals surface area (Å²) in [7, 11) is 0. The van der Waals surface area contributed by atoms with E-state index >= 15 is 0 Å². The largest absolute Gasteiger partial charge is 0.353 e. The molecule has 0 fully saturated rings. The summed E-state index contributed by atoms with van der Waals surface area (Å²) in [5, 5.41) is 13.3. The molecule has 0 aliphatic heterocycles. The maximum atomic E-state index is 4.00. The van der Waals surface area contributed by atoms with Crippen LogP contribution in [0.15, 0.2) is 35.8 Å². The number of hydrogen-bond donors (Lipinski definition) is 1. The summed E-state index contributed by atoms with van der Waals surface area (Å²) in [6.07, 6.45) is 0. The van der Waals surface area contributed by atoms with Gasteiger partial charge in [0.1, 0.15) is 5.51 Å². The summed E-state index contributed by atoms with van der Waals surface area (Å²) in [6, 6.07) is 10.9. The van der Waals surface area contributed by atoms with Crippen LogP contribution >= 0.6 is 22.7 Å². The fourth-order valence-electron chi connectivity index (χ4n) is 1.71. The predicted octanol–water partition coefficient (Wildman–Crippen LogP) is 3.93. The Morgan fingerprint density at radius 1 is 1.29 bits per heavy atom. The molecule has 1 atom stereocenters. The van der Waals surface area contributed by atoms with Crippen molar-refractivity contribution in [2.45, 2.75) is 13.0 Å². The maximum Gasteiger partial charge on any atom is 0.205 e. The first-order valence-corrected chi connectivity index (χ1v) is 7.04. The Hall–Kier alpha value is -1.46. The molecule has 2 aromatic heterocycles. The van der Waals surface area contributed by atoms with Gasteiger partial charge in [-0.1, -0.05) is 29.5 Å². The van der Waals surface area contributed by atoms with Gasteiger partial charge in [0.25, 0.3) is 0 Å². The van der Waals surface area contributed by atoms with E-state index in [0.717, 1.165) is 5.13 Å². The van der Waals surface area contributed by atoms with Gasteiger partial charge in [-0.2, -0.15) is 0 Å². The van der Waals surface area contributed by atoms with Crippen molar-refractivity contribution in [2.75, 3.05) is 5.32 Å². The second kappa shape index (κ2) is 4.43. The number of thiophene rings is 1. The van der Waals surface area contributed by atoms with Gasteiger partial charge in [0.2, 0.25) is 5.13 Å². The lowest BCUT2D eigenvalue weighted by Gasteiger charge is -2.09. The van der Waals surface area contributed by atoms with Crippen molar-refractivity contribution in [3.63, 3.8) is 0 Å². The zero-order valence-electron chi connectivity index (χ0n) is 9.25. The highest BCUT2D eigenvalue weighted by Gasteiger charge is 2.10. The van der Waals surface area contributed by atoms with Crippen molar-refractivity contribution in [3.8, 4) is 0 Å². The average molecular weight is 261 g/mol. The van der Waals surface area contributed by atoms with Crippen LogP contribution in [0.2, 0.25) is 0 Å². The molecule has 1 unspecified atom stereocenters. The summed E-state index contributed by atoms with van der Waals surface area (Å²) < 4.78 is 1.33. The number of benzene rings is 1. The van der Waals surface area contributed by atoms with Crippen LogP contribution in [0, 0.1) is 0 Å². The van der Waals surface area contributed by atoms with E-state index in [1.54, 1.807) is 5.51 Å². The molecule has 0 saturated heterocycles. The molecule has 0 saturated carbocycles. The Bertz CT molecular complexity index is 583. The first-order valence-electron chi connectivity index (χ1n) is 5.34. The van der Waals surface area contributed by atoms with Gasteiger partial charge in [0.15, 0.2) is 0 Å². The number of anilines is 1. The molecular weight excluding hydrogens is 250 g/mol. The monoisotopic (exact) mass is 261 g/mol. The standard InChI is InChI=1S/C12H11N3S2/c1-8(14-12-15-13-7-16-12)11-6-9-4-2-3-5-10(9)17-11/h2-8H,1H3,(H,14,15). The molecule has 0 amide bonds. The Balaban J connectivity index is 1.88.